The molecule has 3 rings (SSSR count). The number of benzene rings is 1. The first-order chi connectivity index (χ1) is 7.74. The van der Waals surface area contributed by atoms with Crippen LogP contribution in [0.1, 0.15) is 6.42 Å². The minimum atomic E-state index is -0.281. The van der Waals surface area contributed by atoms with E-state index in [1.54, 1.807) is 12.1 Å². The monoisotopic (exact) mass is 249 g/mol. The number of carbonyl (C=O) groups is 2. The minimum absolute atomic E-state index is 0. The molecule has 0 atom stereocenters. The van der Waals surface area contributed by atoms with Gasteiger partial charge in [-0.25, -0.2) is 4.99 Å². The van der Waals surface area contributed by atoms with Gasteiger partial charge in [-0.05, 0) is 12.1 Å². The lowest BCUT2D eigenvalue weighted by Gasteiger charge is -2.20. The molecule has 0 radical (unpaired) electrons. The number of carbonyl (C=O) groups excluding carboxylic acids is 2. The Labute approximate surface area is 103 Å². The number of halogens is 1. The van der Waals surface area contributed by atoms with Crippen molar-refractivity contribution < 1.29 is 14.3 Å². The molecule has 86 valence electrons. The fourth-order valence-electron chi connectivity index (χ4n) is 1.71. The average molecular weight is 250 g/mol. The highest BCUT2D eigenvalue weighted by molar-refractivity contribution is 6.51. The number of hydrogen-bond acceptors (Lipinski definition) is 4. The van der Waals surface area contributed by atoms with Gasteiger partial charge in [-0.1, -0.05) is 12.1 Å². The molecule has 0 aromatic heterocycles. The highest BCUT2D eigenvalue weighted by Crippen LogP contribution is 2.34. The summed E-state index contributed by atoms with van der Waals surface area (Å²) in [5.74, 6) is 0.315. The number of ketones is 2. The van der Waals surface area contributed by atoms with Gasteiger partial charge in [-0.2, -0.15) is 0 Å². The number of nitrogens with zero attached hydrogens (tertiary/aromatic N) is 1. The van der Waals surface area contributed by atoms with Gasteiger partial charge in [-0.3, -0.25) is 9.59 Å². The number of aliphatic imine (C=N–C) groups is 1. The van der Waals surface area contributed by atoms with E-state index in [4.69, 9.17) is 4.74 Å². The van der Waals surface area contributed by atoms with Crippen LogP contribution in [0.5, 0.6) is 5.75 Å². The first-order valence-corrected chi connectivity index (χ1v) is 4.88. The number of allylic oxidation sites excluding steroid dienone is 2. The van der Waals surface area contributed by atoms with Crippen LogP contribution in [-0.4, -0.2) is 17.3 Å². The van der Waals surface area contributed by atoms with Gasteiger partial charge < -0.3 is 4.74 Å². The van der Waals surface area contributed by atoms with Crippen LogP contribution in [0.25, 0.3) is 0 Å². The minimum Gasteiger partial charge on any atom is -0.453 e. The van der Waals surface area contributed by atoms with Crippen molar-refractivity contribution in [2.75, 3.05) is 0 Å². The first-order valence-electron chi connectivity index (χ1n) is 4.88. The Morgan fingerprint density at radius 1 is 1.18 bits per heavy atom. The Morgan fingerprint density at radius 3 is 2.76 bits per heavy atom. The predicted octanol–water partition coefficient (Wildman–Crippen LogP) is 2.00. The van der Waals surface area contributed by atoms with Gasteiger partial charge in [-0.15, -0.1) is 12.4 Å². The number of para-hydroxylation sites is 2. The molecule has 5 heteroatoms. The maximum absolute atomic E-state index is 11.6. The molecule has 1 aliphatic carbocycles. The van der Waals surface area contributed by atoms with Crippen LogP contribution in [0.3, 0.4) is 0 Å². The predicted molar refractivity (Wildman–Crippen MR) is 64.1 cm³/mol. The molecule has 1 aromatic carbocycles. The molecule has 0 unspecified atom stereocenters. The molecule has 0 saturated heterocycles. The molecule has 0 N–H and O–H groups in total. The van der Waals surface area contributed by atoms with E-state index in [0.29, 0.717) is 11.4 Å². The van der Waals surface area contributed by atoms with Crippen LogP contribution in [0.15, 0.2) is 41.1 Å². The molecule has 1 aromatic rings. The summed E-state index contributed by atoms with van der Waals surface area (Å²) in [6.07, 6.45) is 1.21. The van der Waals surface area contributed by atoms with Crippen molar-refractivity contribution in [1.82, 2.24) is 0 Å². The van der Waals surface area contributed by atoms with Crippen LogP contribution < -0.4 is 4.74 Å². The second kappa shape index (κ2) is 4.14. The topological polar surface area (TPSA) is 55.7 Å². The van der Waals surface area contributed by atoms with Crippen LogP contribution in [0.4, 0.5) is 5.69 Å². The van der Waals surface area contributed by atoms with Gasteiger partial charge in [0.2, 0.25) is 0 Å². The van der Waals surface area contributed by atoms with E-state index in [2.05, 4.69) is 4.99 Å². The molecule has 2 aliphatic rings. The fraction of sp³-hybridized carbons (Fsp3) is 0.0833. The molecule has 0 fully saturated rings. The normalized spacial score (nSPS) is 16.9. The summed E-state index contributed by atoms with van der Waals surface area (Å²) >= 11 is 0. The molecule has 0 spiro atoms. The molecule has 17 heavy (non-hydrogen) atoms. The number of hydrogen-bond donors (Lipinski definition) is 0. The zero-order valence-corrected chi connectivity index (χ0v) is 9.49. The summed E-state index contributed by atoms with van der Waals surface area (Å²) in [5, 5.41) is 0. The third-order valence-corrected chi connectivity index (χ3v) is 2.44. The highest BCUT2D eigenvalue weighted by Gasteiger charge is 2.30. The van der Waals surface area contributed by atoms with Crippen LogP contribution >= 0.6 is 12.4 Å². The lowest BCUT2D eigenvalue weighted by molar-refractivity contribution is -0.121. The molecule has 4 nitrogen and oxygen atoms in total. The third kappa shape index (κ3) is 1.87. The quantitative estimate of drug-likeness (QED) is 0.661. The summed E-state index contributed by atoms with van der Waals surface area (Å²) in [6.45, 7) is 0. The van der Waals surface area contributed by atoms with Crippen molar-refractivity contribution in [3.63, 3.8) is 0 Å². The lowest BCUT2D eigenvalue weighted by Crippen LogP contribution is -2.29. The van der Waals surface area contributed by atoms with Gasteiger partial charge in [0, 0.05) is 6.08 Å². The van der Waals surface area contributed by atoms with Crippen molar-refractivity contribution in [2.24, 2.45) is 4.99 Å². The number of fused-ring (bicyclic) bond motifs is 2. The summed E-state index contributed by atoms with van der Waals surface area (Å²) in [6, 6.07) is 7.15. The number of ether oxygens (including phenoxy) is 1. The summed E-state index contributed by atoms with van der Waals surface area (Å²) in [4.78, 5) is 27.0. The van der Waals surface area contributed by atoms with Crippen molar-refractivity contribution in [3.05, 3.63) is 36.1 Å². The van der Waals surface area contributed by atoms with Crippen molar-refractivity contribution >= 4 is 35.4 Å². The maximum Gasteiger partial charge on any atom is 0.192 e. The van der Waals surface area contributed by atoms with E-state index in [1.807, 2.05) is 12.1 Å². The Hall–Kier alpha value is -1.94. The van der Waals surface area contributed by atoms with E-state index in [9.17, 15) is 9.59 Å². The summed E-state index contributed by atoms with van der Waals surface area (Å²) in [7, 11) is 0. The van der Waals surface area contributed by atoms with Gasteiger partial charge >= 0.3 is 0 Å². The molecule has 1 aliphatic heterocycles. The third-order valence-electron chi connectivity index (χ3n) is 2.44. The number of Topliss-reactive ketones (excluding diaryl/α,β-unsaturated/α-hetero) is 1. The zero-order valence-electron chi connectivity index (χ0n) is 8.67. The fourth-order valence-corrected chi connectivity index (χ4v) is 1.71. The Bertz CT molecular complexity index is 575. The molecular formula is C12H8ClNO3. The Morgan fingerprint density at radius 2 is 1.94 bits per heavy atom. The molecule has 0 amide bonds. The van der Waals surface area contributed by atoms with E-state index < -0.39 is 0 Å². The van der Waals surface area contributed by atoms with Gasteiger partial charge in [0.1, 0.15) is 11.4 Å². The summed E-state index contributed by atoms with van der Waals surface area (Å²) in [5.41, 5.74) is 0.871. The molecule has 0 bridgehead atoms. The smallest absolute Gasteiger partial charge is 0.192 e. The van der Waals surface area contributed by atoms with E-state index >= 15 is 0 Å². The second-order valence-electron chi connectivity index (χ2n) is 3.61. The van der Waals surface area contributed by atoms with Crippen LogP contribution in [-0.2, 0) is 9.59 Å². The van der Waals surface area contributed by atoms with Crippen molar-refractivity contribution in [2.45, 2.75) is 6.42 Å². The summed E-state index contributed by atoms with van der Waals surface area (Å²) < 4.78 is 5.47. The first kappa shape index (κ1) is 11.5. The SMILES string of the molecule is Cl.O=C1C=C2Oc3ccccc3N=C2C(=O)C1. The molecular weight excluding hydrogens is 242 g/mol. The van der Waals surface area contributed by atoms with Crippen molar-refractivity contribution in [1.29, 1.82) is 0 Å². The number of rotatable bonds is 0. The maximum atomic E-state index is 11.6. The largest absolute Gasteiger partial charge is 0.453 e. The second-order valence-corrected chi connectivity index (χ2v) is 3.61. The van der Waals surface area contributed by atoms with Crippen molar-refractivity contribution in [3.8, 4) is 5.75 Å². The van der Waals surface area contributed by atoms with E-state index in [-0.39, 0.29) is 41.9 Å². The van der Waals surface area contributed by atoms with Gasteiger partial charge in [0.15, 0.2) is 23.1 Å². The van der Waals surface area contributed by atoms with Crippen LogP contribution in [0, 0.1) is 0 Å². The Kier molecular flexibility index (Phi) is 2.81. The van der Waals surface area contributed by atoms with E-state index in [0.717, 1.165) is 0 Å². The molecule has 1 heterocycles. The standard InChI is InChI=1S/C12H7NO3.ClH/c14-7-5-9(15)12-11(6-7)16-10-4-2-1-3-8(10)13-12;/h1-4,6H,5H2;1H. The molecule has 0 saturated carbocycles. The van der Waals surface area contributed by atoms with Gasteiger partial charge in [0.05, 0.1) is 6.42 Å². The average Bonchev–Trinajstić information content (AvgIpc) is 2.27. The van der Waals surface area contributed by atoms with Crippen LogP contribution in [0.2, 0.25) is 0 Å². The lowest BCUT2D eigenvalue weighted by atomic mass is 10.00. The van der Waals surface area contributed by atoms with E-state index in [1.165, 1.54) is 6.08 Å². The highest BCUT2D eigenvalue weighted by atomic mass is 35.5. The van der Waals surface area contributed by atoms with Gasteiger partial charge in [0.25, 0.3) is 0 Å². The Balaban J connectivity index is 0.00000108. The zero-order chi connectivity index (χ0) is 11.1.